The molecule has 3 aromatic rings. The first-order chi connectivity index (χ1) is 17.5. The van der Waals surface area contributed by atoms with Gasteiger partial charge in [0.25, 0.3) is 5.91 Å². The van der Waals surface area contributed by atoms with Crippen molar-refractivity contribution in [3.05, 3.63) is 29.1 Å². The molecule has 0 radical (unpaired) electrons. The van der Waals surface area contributed by atoms with Crippen LogP contribution in [0.1, 0.15) is 47.9 Å². The van der Waals surface area contributed by atoms with Crippen molar-refractivity contribution in [3.8, 4) is 23.1 Å². The van der Waals surface area contributed by atoms with Crippen LogP contribution in [0.15, 0.2) is 21.9 Å². The van der Waals surface area contributed by atoms with E-state index in [1.165, 1.54) is 38.6 Å². The summed E-state index contributed by atoms with van der Waals surface area (Å²) in [5.41, 5.74) is 9.61. The summed E-state index contributed by atoms with van der Waals surface area (Å²) in [6.07, 6.45) is 4.76. The van der Waals surface area contributed by atoms with Gasteiger partial charge in [0.15, 0.2) is 17.2 Å². The lowest BCUT2D eigenvalue weighted by atomic mass is 10.0. The lowest BCUT2D eigenvalue weighted by Gasteiger charge is -2.33. The maximum atomic E-state index is 13.1. The van der Waals surface area contributed by atoms with Crippen LogP contribution >= 0.6 is 0 Å². The van der Waals surface area contributed by atoms with Gasteiger partial charge >= 0.3 is 0 Å². The molecule has 1 amide bonds. The van der Waals surface area contributed by atoms with Crippen molar-refractivity contribution < 1.29 is 23.6 Å². The molecule has 0 saturated carbocycles. The smallest absolute Gasteiger partial charge is 0.293 e. The zero-order valence-electron chi connectivity index (χ0n) is 20.6. The first-order valence-electron chi connectivity index (χ1n) is 11.4. The Balaban J connectivity index is 1.59. The maximum Gasteiger partial charge on any atom is 0.293 e. The van der Waals surface area contributed by atoms with E-state index < -0.39 is 5.91 Å². The molecule has 192 valence electrons. The van der Waals surface area contributed by atoms with Crippen molar-refractivity contribution in [1.29, 1.82) is 0 Å². The highest BCUT2D eigenvalue weighted by atomic mass is 16.6. The van der Waals surface area contributed by atoms with E-state index in [-0.39, 0.29) is 17.3 Å². The largest absolute Gasteiger partial charge is 0.493 e. The Morgan fingerprint density at radius 2 is 1.97 bits per heavy atom. The van der Waals surface area contributed by atoms with Crippen molar-refractivity contribution in [3.63, 3.8) is 0 Å². The van der Waals surface area contributed by atoms with Crippen LogP contribution < -0.4 is 25.4 Å². The third kappa shape index (κ3) is 5.07. The summed E-state index contributed by atoms with van der Waals surface area (Å²) >= 11 is 0. The number of likely N-dealkylation sites (tertiary alicyclic amines) is 1. The quantitative estimate of drug-likeness (QED) is 0.322. The number of piperidine rings is 1. The number of rotatable bonds is 9. The van der Waals surface area contributed by atoms with Crippen LogP contribution in [-0.2, 0) is 6.54 Å². The summed E-state index contributed by atoms with van der Waals surface area (Å²) in [6.45, 7) is 3.46. The number of hydrazone groups is 1. The van der Waals surface area contributed by atoms with Gasteiger partial charge in [-0.2, -0.15) is 9.78 Å². The molecular weight excluding hydrogens is 470 g/mol. The minimum atomic E-state index is -0.542. The fraction of sp³-hybridized carbons (Fsp3) is 0.455. The van der Waals surface area contributed by atoms with Crippen molar-refractivity contribution in [2.24, 2.45) is 5.10 Å². The molecule has 2 aromatic heterocycles. The number of benzene rings is 1. The zero-order chi connectivity index (χ0) is 25.7. The topological polar surface area (TPSA) is 168 Å². The number of amides is 1. The van der Waals surface area contributed by atoms with Crippen LogP contribution in [0.3, 0.4) is 0 Å². The molecule has 4 rings (SSSR count). The van der Waals surface area contributed by atoms with Crippen LogP contribution in [0.4, 0.5) is 5.82 Å². The molecule has 1 atom stereocenters. The number of carbonyl (C=O) groups is 1. The summed E-state index contributed by atoms with van der Waals surface area (Å²) in [5, 5.41) is 19.7. The number of ether oxygens (including phenoxy) is 3. The van der Waals surface area contributed by atoms with Gasteiger partial charge in [0.05, 0.1) is 33.2 Å². The third-order valence-electron chi connectivity index (χ3n) is 6.03. The van der Waals surface area contributed by atoms with Gasteiger partial charge in [0.1, 0.15) is 0 Å². The second kappa shape index (κ2) is 11.0. The number of nitrogen functional groups attached to an aromatic ring is 1. The fourth-order valence-electron chi connectivity index (χ4n) is 4.11. The molecule has 3 heterocycles. The summed E-state index contributed by atoms with van der Waals surface area (Å²) in [4.78, 5) is 15.3. The Morgan fingerprint density at radius 3 is 2.58 bits per heavy atom. The van der Waals surface area contributed by atoms with Crippen LogP contribution in [0.5, 0.6) is 17.2 Å². The molecule has 1 aliphatic rings. The third-order valence-corrected chi connectivity index (χ3v) is 6.03. The van der Waals surface area contributed by atoms with Crippen molar-refractivity contribution in [1.82, 2.24) is 35.6 Å². The van der Waals surface area contributed by atoms with Crippen molar-refractivity contribution in [2.45, 2.75) is 38.8 Å². The Labute approximate surface area is 207 Å². The molecule has 0 bridgehead atoms. The van der Waals surface area contributed by atoms with Gasteiger partial charge in [-0.1, -0.05) is 11.6 Å². The number of hydrogen-bond acceptors (Lipinski definition) is 12. The first-order valence-corrected chi connectivity index (χ1v) is 11.4. The van der Waals surface area contributed by atoms with Crippen LogP contribution in [0.2, 0.25) is 0 Å². The lowest BCUT2D eigenvalue weighted by Crippen LogP contribution is -2.38. The molecule has 1 unspecified atom stereocenters. The number of nitrogens with one attached hydrogen (secondary N) is 1. The molecule has 1 saturated heterocycles. The van der Waals surface area contributed by atoms with E-state index in [0.717, 1.165) is 19.4 Å². The molecule has 3 N–H and O–H groups in total. The minimum absolute atomic E-state index is 0.0419. The SMILES string of the molecule is COc1cc(C=NNC(=O)c2nnn(-c3nonc3N)c2CN2CCCCC2C)cc(OC)c1OC. The normalized spacial score (nSPS) is 16.3. The molecule has 0 aliphatic carbocycles. The lowest BCUT2D eigenvalue weighted by molar-refractivity contribution is 0.0945. The number of aromatic nitrogens is 5. The van der Waals surface area contributed by atoms with Crippen LogP contribution in [0, 0.1) is 0 Å². The highest BCUT2D eigenvalue weighted by Crippen LogP contribution is 2.37. The highest BCUT2D eigenvalue weighted by molar-refractivity contribution is 5.94. The Morgan fingerprint density at radius 1 is 1.22 bits per heavy atom. The molecule has 1 aliphatic heterocycles. The average Bonchev–Trinajstić information content (AvgIpc) is 3.50. The fourth-order valence-corrected chi connectivity index (χ4v) is 4.11. The van der Waals surface area contributed by atoms with E-state index in [9.17, 15) is 4.79 Å². The van der Waals surface area contributed by atoms with Crippen molar-refractivity contribution >= 4 is 17.9 Å². The van der Waals surface area contributed by atoms with Gasteiger partial charge in [0, 0.05) is 18.2 Å². The highest BCUT2D eigenvalue weighted by Gasteiger charge is 2.28. The van der Waals surface area contributed by atoms with Crippen LogP contribution in [-0.4, -0.2) is 76.2 Å². The first kappa shape index (κ1) is 24.9. The second-order valence-electron chi connectivity index (χ2n) is 8.24. The van der Waals surface area contributed by atoms with Gasteiger partial charge in [0.2, 0.25) is 17.4 Å². The van der Waals surface area contributed by atoms with Gasteiger partial charge in [-0.15, -0.1) is 5.10 Å². The zero-order valence-corrected chi connectivity index (χ0v) is 20.6. The van der Waals surface area contributed by atoms with Gasteiger partial charge in [-0.05, 0) is 48.8 Å². The number of anilines is 1. The molecule has 1 aromatic carbocycles. The summed E-state index contributed by atoms with van der Waals surface area (Å²) in [5.74, 6) is 1.05. The van der Waals surface area contributed by atoms with Gasteiger partial charge < -0.3 is 19.9 Å². The predicted octanol–water partition coefficient (Wildman–Crippen LogP) is 1.40. The molecule has 1 fully saturated rings. The molecule has 14 nitrogen and oxygen atoms in total. The number of hydrogen-bond donors (Lipinski definition) is 2. The van der Waals surface area contributed by atoms with E-state index in [2.05, 4.69) is 43.0 Å². The second-order valence-corrected chi connectivity index (χ2v) is 8.24. The van der Waals surface area contributed by atoms with E-state index in [4.69, 9.17) is 24.6 Å². The Kier molecular flexibility index (Phi) is 7.63. The summed E-state index contributed by atoms with van der Waals surface area (Å²) in [6, 6.07) is 3.75. The van der Waals surface area contributed by atoms with Crippen molar-refractivity contribution in [2.75, 3.05) is 33.6 Å². The summed E-state index contributed by atoms with van der Waals surface area (Å²) < 4.78 is 22.1. The monoisotopic (exact) mass is 499 g/mol. The van der Waals surface area contributed by atoms with E-state index in [1.807, 2.05) is 0 Å². The van der Waals surface area contributed by atoms with E-state index in [1.54, 1.807) is 12.1 Å². The minimum Gasteiger partial charge on any atom is -0.493 e. The Hall–Kier alpha value is -4.20. The average molecular weight is 500 g/mol. The molecule has 0 spiro atoms. The molecular formula is C22H29N9O5. The number of nitrogens with two attached hydrogens (primary N) is 1. The number of carbonyl (C=O) groups excluding carboxylic acids is 1. The van der Waals surface area contributed by atoms with E-state index >= 15 is 0 Å². The summed E-state index contributed by atoms with van der Waals surface area (Å²) in [7, 11) is 4.56. The number of methoxy groups -OCH3 is 3. The predicted molar refractivity (Wildman–Crippen MR) is 129 cm³/mol. The maximum absolute atomic E-state index is 13.1. The van der Waals surface area contributed by atoms with E-state index in [0.29, 0.717) is 41.1 Å². The van der Waals surface area contributed by atoms with Gasteiger partial charge in [-0.25, -0.2) is 10.1 Å². The molecule has 36 heavy (non-hydrogen) atoms. The van der Waals surface area contributed by atoms with Crippen LogP contribution in [0.25, 0.3) is 5.82 Å². The molecule has 14 heteroatoms. The Bertz CT molecular complexity index is 1210. The standard InChI is InChI=1S/C22H29N9O5/c1-13-7-5-6-8-30(13)12-15-18(25-29-31(15)21-20(23)27-36-28-21)22(32)26-24-11-14-9-16(33-2)19(35-4)17(10-14)34-3/h9-11,13H,5-8,12H2,1-4H3,(H2,23,27)(H,26,32). The number of nitrogens with zero attached hydrogens (tertiary/aromatic N) is 7. The van der Waals surface area contributed by atoms with Gasteiger partial charge in [-0.3, -0.25) is 9.69 Å².